The van der Waals surface area contributed by atoms with Crippen molar-refractivity contribution in [2.75, 3.05) is 40.3 Å². The van der Waals surface area contributed by atoms with Gasteiger partial charge in [0.25, 0.3) is 0 Å². The molecule has 2 nitrogen and oxygen atoms in total. The van der Waals surface area contributed by atoms with E-state index in [-0.39, 0.29) is 7.43 Å². The van der Waals surface area contributed by atoms with Crippen molar-refractivity contribution in [1.82, 2.24) is 9.80 Å². The summed E-state index contributed by atoms with van der Waals surface area (Å²) in [5.74, 6) is 7.71. The van der Waals surface area contributed by atoms with Crippen LogP contribution >= 0.6 is 0 Å². The van der Waals surface area contributed by atoms with E-state index in [0.29, 0.717) is 0 Å². The van der Waals surface area contributed by atoms with Gasteiger partial charge in [-0.1, -0.05) is 127 Å². The van der Waals surface area contributed by atoms with Crippen molar-refractivity contribution in [3.8, 4) is 0 Å². The normalized spacial score (nSPS) is 24.3. The zero-order valence-electron chi connectivity index (χ0n) is 28.2. The van der Waals surface area contributed by atoms with E-state index in [1.807, 2.05) is 0 Å². The highest BCUT2D eigenvalue weighted by Crippen LogP contribution is 2.30. The predicted octanol–water partition coefficient (Wildman–Crippen LogP) is 11.0. The highest BCUT2D eigenvalue weighted by Gasteiger charge is 2.20. The SMILES string of the molecule is C.CC(C)C1CCCCC1.CC(C)C1CCCCC1.CC(C)C1CCCN(C)C1.CC(C)C1CCN(C)CC1. The Morgan fingerprint density at radius 2 is 0.718 bits per heavy atom. The van der Waals surface area contributed by atoms with Crippen LogP contribution in [0.15, 0.2) is 0 Å². The molecule has 2 heterocycles. The second kappa shape index (κ2) is 22.5. The molecule has 2 aliphatic heterocycles. The highest BCUT2D eigenvalue weighted by molar-refractivity contribution is 4.73. The van der Waals surface area contributed by atoms with Crippen LogP contribution in [0.3, 0.4) is 0 Å². The molecule has 2 aliphatic carbocycles. The van der Waals surface area contributed by atoms with E-state index in [2.05, 4.69) is 79.3 Å². The van der Waals surface area contributed by atoms with Gasteiger partial charge in [0.15, 0.2) is 0 Å². The van der Waals surface area contributed by atoms with E-state index in [1.165, 1.54) is 116 Å². The van der Waals surface area contributed by atoms with E-state index < -0.39 is 0 Å². The van der Waals surface area contributed by atoms with Crippen molar-refractivity contribution in [2.24, 2.45) is 47.3 Å². The third-order valence-corrected chi connectivity index (χ3v) is 10.5. The minimum atomic E-state index is 0. The summed E-state index contributed by atoms with van der Waals surface area (Å²) in [5.41, 5.74) is 0. The minimum Gasteiger partial charge on any atom is -0.306 e. The van der Waals surface area contributed by atoms with Gasteiger partial charge in [0.1, 0.15) is 0 Å². The first-order valence-electron chi connectivity index (χ1n) is 17.4. The van der Waals surface area contributed by atoms with Crippen molar-refractivity contribution in [3.63, 3.8) is 0 Å². The van der Waals surface area contributed by atoms with Gasteiger partial charge >= 0.3 is 0 Å². The molecule has 2 saturated heterocycles. The second-order valence-electron chi connectivity index (χ2n) is 15.1. The Morgan fingerprint density at radius 1 is 0.385 bits per heavy atom. The van der Waals surface area contributed by atoms with E-state index in [1.54, 1.807) is 0 Å². The molecule has 0 bridgehead atoms. The molecule has 4 rings (SSSR count). The standard InChI is InChI=1S/2C9H19N.2C9H18.CH4/c1-8(2)9-4-6-10(3)7-5-9;1-8(2)9-5-4-6-10(3)7-9;2*1-8(2)9-6-4-3-5-7-9;/h2*8-9H,4-7H2,1-3H3;2*8-9H,3-7H2,1-2H3;1H4. The molecule has 1 unspecified atom stereocenters. The average Bonchev–Trinajstić information content (AvgIpc) is 2.91. The topological polar surface area (TPSA) is 6.48 Å². The number of hydrogen-bond acceptors (Lipinski definition) is 2. The van der Waals surface area contributed by atoms with E-state index >= 15 is 0 Å². The van der Waals surface area contributed by atoms with Crippen molar-refractivity contribution in [3.05, 3.63) is 0 Å². The van der Waals surface area contributed by atoms with Crippen LogP contribution in [0.2, 0.25) is 0 Å². The van der Waals surface area contributed by atoms with Gasteiger partial charge < -0.3 is 9.80 Å². The Morgan fingerprint density at radius 3 is 1.00 bits per heavy atom. The first kappa shape index (κ1) is 38.9. The van der Waals surface area contributed by atoms with Crippen LogP contribution in [0, 0.1) is 47.3 Å². The van der Waals surface area contributed by atoms with E-state index in [4.69, 9.17) is 0 Å². The summed E-state index contributed by atoms with van der Waals surface area (Å²) in [5, 5.41) is 0. The number of nitrogens with zero attached hydrogens (tertiary/aromatic N) is 2. The summed E-state index contributed by atoms with van der Waals surface area (Å²) in [6.45, 7) is 24.0. The fourth-order valence-corrected chi connectivity index (χ4v) is 7.05. The molecule has 0 amide bonds. The maximum atomic E-state index is 2.45. The number of hydrogen-bond donors (Lipinski definition) is 0. The molecule has 0 aromatic rings. The van der Waals surface area contributed by atoms with Gasteiger partial charge in [-0.2, -0.15) is 0 Å². The van der Waals surface area contributed by atoms with Crippen molar-refractivity contribution < 1.29 is 0 Å². The Hall–Kier alpha value is -0.0800. The summed E-state index contributed by atoms with van der Waals surface area (Å²) < 4.78 is 0. The zero-order valence-corrected chi connectivity index (χ0v) is 28.2. The van der Waals surface area contributed by atoms with Gasteiger partial charge in [-0.3, -0.25) is 0 Å². The number of rotatable bonds is 4. The van der Waals surface area contributed by atoms with Crippen LogP contribution in [0.25, 0.3) is 0 Å². The van der Waals surface area contributed by atoms with Crippen LogP contribution in [0.5, 0.6) is 0 Å². The molecule has 4 fully saturated rings. The molecule has 0 aromatic carbocycles. The fourth-order valence-electron chi connectivity index (χ4n) is 7.05. The maximum absolute atomic E-state index is 2.45. The first-order chi connectivity index (χ1) is 18.0. The summed E-state index contributed by atoms with van der Waals surface area (Å²) in [6, 6.07) is 0. The summed E-state index contributed by atoms with van der Waals surface area (Å²) in [6.07, 6.45) is 20.6. The Balaban J connectivity index is 0.000000490. The molecule has 39 heavy (non-hydrogen) atoms. The van der Waals surface area contributed by atoms with Crippen molar-refractivity contribution in [1.29, 1.82) is 0 Å². The van der Waals surface area contributed by atoms with Gasteiger partial charge in [-0.05, 0) is 107 Å². The Kier molecular flexibility index (Phi) is 22.5. The minimum absolute atomic E-state index is 0. The largest absolute Gasteiger partial charge is 0.306 e. The third-order valence-electron chi connectivity index (χ3n) is 10.5. The number of piperidine rings is 2. The molecule has 236 valence electrons. The van der Waals surface area contributed by atoms with Crippen molar-refractivity contribution in [2.45, 2.75) is 153 Å². The van der Waals surface area contributed by atoms with Gasteiger partial charge in [0.05, 0.1) is 0 Å². The molecule has 0 radical (unpaired) electrons. The maximum Gasteiger partial charge on any atom is 0.000906 e. The van der Waals surface area contributed by atoms with E-state index in [9.17, 15) is 0 Å². The lowest BCUT2D eigenvalue weighted by molar-refractivity contribution is 0.173. The molecule has 0 N–H and O–H groups in total. The van der Waals surface area contributed by atoms with Crippen LogP contribution in [-0.4, -0.2) is 50.1 Å². The van der Waals surface area contributed by atoms with Gasteiger partial charge in [0.2, 0.25) is 0 Å². The van der Waals surface area contributed by atoms with Crippen LogP contribution in [0.4, 0.5) is 0 Å². The van der Waals surface area contributed by atoms with Crippen LogP contribution in [0.1, 0.15) is 153 Å². The lowest BCUT2D eigenvalue weighted by Crippen LogP contribution is -2.34. The van der Waals surface area contributed by atoms with E-state index in [0.717, 1.165) is 47.3 Å². The smallest absolute Gasteiger partial charge is 0.000906 e. The summed E-state index contributed by atoms with van der Waals surface area (Å²) in [4.78, 5) is 4.88. The van der Waals surface area contributed by atoms with Crippen LogP contribution < -0.4 is 0 Å². The monoisotopic (exact) mass is 551 g/mol. The fraction of sp³-hybridized carbons (Fsp3) is 1.00. The second-order valence-corrected chi connectivity index (χ2v) is 15.1. The van der Waals surface area contributed by atoms with Gasteiger partial charge in [0, 0.05) is 6.54 Å². The molecular weight excluding hydrogens is 472 g/mol. The third kappa shape index (κ3) is 18.1. The molecule has 4 aliphatic rings. The summed E-state index contributed by atoms with van der Waals surface area (Å²) in [7, 11) is 4.45. The van der Waals surface area contributed by atoms with Gasteiger partial charge in [-0.25, -0.2) is 0 Å². The zero-order chi connectivity index (χ0) is 28.5. The predicted molar refractivity (Wildman–Crippen MR) is 180 cm³/mol. The average molecular weight is 551 g/mol. The Labute approximate surface area is 249 Å². The molecule has 2 saturated carbocycles. The number of likely N-dealkylation sites (tertiary alicyclic amines) is 2. The highest BCUT2D eigenvalue weighted by atomic mass is 15.1. The molecular formula is C37H78N2. The quantitative estimate of drug-likeness (QED) is 0.343. The van der Waals surface area contributed by atoms with Crippen LogP contribution in [-0.2, 0) is 0 Å². The van der Waals surface area contributed by atoms with Gasteiger partial charge in [-0.15, -0.1) is 0 Å². The molecule has 1 atom stereocenters. The van der Waals surface area contributed by atoms with Crippen molar-refractivity contribution >= 4 is 0 Å². The lowest BCUT2D eigenvalue weighted by Gasteiger charge is -2.31. The Bertz CT molecular complexity index is 498. The molecule has 2 heteroatoms. The molecule has 0 spiro atoms. The molecule has 0 aromatic heterocycles. The lowest BCUT2D eigenvalue weighted by atomic mass is 9.82. The first-order valence-corrected chi connectivity index (χ1v) is 17.4. The summed E-state index contributed by atoms with van der Waals surface area (Å²) >= 11 is 0.